The van der Waals surface area contributed by atoms with E-state index in [0.29, 0.717) is 5.15 Å². The standard InChI is InChI=1S/C11H10BrClN2S/c1-7(10-8(12)4-6-16-10)15-9-3-2-5-14-11(9)13/h2-7,15H,1H3. The van der Waals surface area contributed by atoms with Gasteiger partial charge in [0.05, 0.1) is 11.7 Å². The van der Waals surface area contributed by atoms with E-state index in [9.17, 15) is 0 Å². The first-order chi connectivity index (χ1) is 7.68. The Morgan fingerprint density at radius 2 is 2.31 bits per heavy atom. The fourth-order valence-electron chi connectivity index (χ4n) is 1.41. The second kappa shape index (κ2) is 5.17. The van der Waals surface area contributed by atoms with Gasteiger partial charge in [-0.05, 0) is 46.4 Å². The molecule has 0 amide bonds. The van der Waals surface area contributed by atoms with Crippen LogP contribution in [-0.4, -0.2) is 4.98 Å². The lowest BCUT2D eigenvalue weighted by atomic mass is 10.2. The Morgan fingerprint density at radius 1 is 1.50 bits per heavy atom. The molecule has 0 saturated carbocycles. The predicted octanol–water partition coefficient (Wildman–Crippen LogP) is 4.73. The molecule has 2 heterocycles. The average Bonchev–Trinajstić information content (AvgIpc) is 2.68. The lowest BCUT2D eigenvalue weighted by molar-refractivity contribution is 0.901. The molecule has 0 spiro atoms. The van der Waals surface area contributed by atoms with Crippen molar-refractivity contribution >= 4 is 44.6 Å². The third kappa shape index (κ3) is 2.56. The highest BCUT2D eigenvalue weighted by atomic mass is 79.9. The lowest BCUT2D eigenvalue weighted by Crippen LogP contribution is -2.06. The van der Waals surface area contributed by atoms with Crippen molar-refractivity contribution in [2.45, 2.75) is 13.0 Å². The maximum Gasteiger partial charge on any atom is 0.152 e. The number of aromatic nitrogens is 1. The number of pyridine rings is 1. The second-order valence-corrected chi connectivity index (χ2v) is 5.50. The van der Waals surface area contributed by atoms with Gasteiger partial charge in [0.15, 0.2) is 5.15 Å². The molecule has 84 valence electrons. The first-order valence-corrected chi connectivity index (χ1v) is 6.83. The monoisotopic (exact) mass is 316 g/mol. The molecule has 0 saturated heterocycles. The van der Waals surface area contributed by atoms with E-state index >= 15 is 0 Å². The van der Waals surface area contributed by atoms with Gasteiger partial charge in [-0.25, -0.2) is 4.98 Å². The molecule has 0 aromatic carbocycles. The van der Waals surface area contributed by atoms with Crippen molar-refractivity contribution < 1.29 is 0 Å². The smallest absolute Gasteiger partial charge is 0.152 e. The van der Waals surface area contributed by atoms with Gasteiger partial charge in [0.25, 0.3) is 0 Å². The maximum atomic E-state index is 5.99. The molecule has 2 rings (SSSR count). The topological polar surface area (TPSA) is 24.9 Å². The number of rotatable bonds is 3. The summed E-state index contributed by atoms with van der Waals surface area (Å²) in [5.41, 5.74) is 0.858. The minimum Gasteiger partial charge on any atom is -0.375 e. The van der Waals surface area contributed by atoms with Gasteiger partial charge < -0.3 is 5.32 Å². The minimum absolute atomic E-state index is 0.205. The third-order valence-corrected chi connectivity index (χ3v) is 4.52. The molecular formula is C11H10BrClN2S. The van der Waals surface area contributed by atoms with Crippen LogP contribution in [0.2, 0.25) is 5.15 Å². The summed E-state index contributed by atoms with van der Waals surface area (Å²) in [6.45, 7) is 2.10. The zero-order valence-electron chi connectivity index (χ0n) is 8.58. The van der Waals surface area contributed by atoms with Gasteiger partial charge in [-0.1, -0.05) is 11.6 Å². The molecule has 0 bridgehead atoms. The minimum atomic E-state index is 0.205. The van der Waals surface area contributed by atoms with Crippen LogP contribution in [0.15, 0.2) is 34.2 Å². The van der Waals surface area contributed by atoms with Crippen LogP contribution in [0, 0.1) is 0 Å². The summed E-state index contributed by atoms with van der Waals surface area (Å²) in [4.78, 5) is 5.28. The molecule has 1 unspecified atom stereocenters. The fourth-order valence-corrected chi connectivity index (χ4v) is 3.31. The highest BCUT2D eigenvalue weighted by Crippen LogP contribution is 2.32. The van der Waals surface area contributed by atoms with Crippen LogP contribution >= 0.6 is 38.9 Å². The number of anilines is 1. The molecular weight excluding hydrogens is 308 g/mol. The number of halogens is 2. The maximum absolute atomic E-state index is 5.99. The summed E-state index contributed by atoms with van der Waals surface area (Å²) in [6, 6.07) is 6.04. The molecule has 2 nitrogen and oxygen atoms in total. The molecule has 2 aromatic heterocycles. The Kier molecular flexibility index (Phi) is 3.84. The van der Waals surface area contributed by atoms with Crippen molar-refractivity contribution in [3.05, 3.63) is 44.3 Å². The number of hydrogen-bond acceptors (Lipinski definition) is 3. The highest BCUT2D eigenvalue weighted by Gasteiger charge is 2.11. The molecule has 0 aliphatic rings. The van der Waals surface area contributed by atoms with Crippen LogP contribution in [-0.2, 0) is 0 Å². The summed E-state index contributed by atoms with van der Waals surface area (Å²) >= 11 is 11.2. The molecule has 16 heavy (non-hydrogen) atoms. The molecule has 0 radical (unpaired) electrons. The Bertz CT molecular complexity index is 486. The van der Waals surface area contributed by atoms with Crippen molar-refractivity contribution in [3.8, 4) is 0 Å². The summed E-state index contributed by atoms with van der Waals surface area (Å²) < 4.78 is 1.12. The first-order valence-electron chi connectivity index (χ1n) is 4.78. The van der Waals surface area contributed by atoms with Crippen LogP contribution in [0.3, 0.4) is 0 Å². The number of hydrogen-bond donors (Lipinski definition) is 1. The molecule has 0 fully saturated rings. The van der Waals surface area contributed by atoms with Crippen molar-refractivity contribution in [2.24, 2.45) is 0 Å². The number of nitrogens with zero attached hydrogens (tertiary/aromatic N) is 1. The normalized spacial score (nSPS) is 12.4. The van der Waals surface area contributed by atoms with Crippen molar-refractivity contribution in [2.75, 3.05) is 5.32 Å². The van der Waals surface area contributed by atoms with Crippen LogP contribution in [0.4, 0.5) is 5.69 Å². The third-order valence-electron chi connectivity index (χ3n) is 2.17. The summed E-state index contributed by atoms with van der Waals surface area (Å²) in [6.07, 6.45) is 1.68. The SMILES string of the molecule is CC(Nc1cccnc1Cl)c1sccc1Br. The van der Waals surface area contributed by atoms with E-state index in [1.807, 2.05) is 18.2 Å². The molecule has 1 atom stereocenters. The number of thiophene rings is 1. The second-order valence-electron chi connectivity index (χ2n) is 3.34. The molecule has 2 aromatic rings. The Balaban J connectivity index is 2.17. The Hall–Kier alpha value is -0.580. The average molecular weight is 318 g/mol. The molecule has 0 aliphatic heterocycles. The summed E-state index contributed by atoms with van der Waals surface area (Å²) in [7, 11) is 0. The Morgan fingerprint density at radius 3 is 2.94 bits per heavy atom. The predicted molar refractivity (Wildman–Crippen MR) is 73.3 cm³/mol. The van der Waals surface area contributed by atoms with Gasteiger partial charge in [-0.2, -0.15) is 0 Å². The molecule has 1 N–H and O–H groups in total. The van der Waals surface area contributed by atoms with Crippen LogP contribution < -0.4 is 5.32 Å². The van der Waals surface area contributed by atoms with Gasteiger partial charge in [0, 0.05) is 15.5 Å². The molecule has 5 heteroatoms. The summed E-state index contributed by atoms with van der Waals surface area (Å²) in [5.74, 6) is 0. The van der Waals surface area contributed by atoms with Crippen LogP contribution in [0.5, 0.6) is 0 Å². The van der Waals surface area contributed by atoms with E-state index in [4.69, 9.17) is 11.6 Å². The van der Waals surface area contributed by atoms with Gasteiger partial charge in [-0.3, -0.25) is 0 Å². The number of nitrogens with one attached hydrogen (secondary N) is 1. The largest absolute Gasteiger partial charge is 0.375 e. The molecule has 0 aliphatic carbocycles. The van der Waals surface area contributed by atoms with Gasteiger partial charge in [0.2, 0.25) is 0 Å². The van der Waals surface area contributed by atoms with E-state index in [-0.39, 0.29) is 6.04 Å². The zero-order valence-corrected chi connectivity index (χ0v) is 11.7. The van der Waals surface area contributed by atoms with E-state index < -0.39 is 0 Å². The highest BCUT2D eigenvalue weighted by molar-refractivity contribution is 9.10. The van der Waals surface area contributed by atoms with Gasteiger partial charge in [0.1, 0.15) is 0 Å². The van der Waals surface area contributed by atoms with E-state index in [2.05, 4.69) is 38.5 Å². The Labute approximate surface area is 112 Å². The summed E-state index contributed by atoms with van der Waals surface area (Å²) in [5, 5.41) is 5.90. The van der Waals surface area contributed by atoms with Crippen molar-refractivity contribution in [1.29, 1.82) is 0 Å². The lowest BCUT2D eigenvalue weighted by Gasteiger charge is -2.14. The van der Waals surface area contributed by atoms with Crippen LogP contribution in [0.1, 0.15) is 17.8 Å². The van der Waals surface area contributed by atoms with Crippen LogP contribution in [0.25, 0.3) is 0 Å². The zero-order chi connectivity index (χ0) is 11.5. The van der Waals surface area contributed by atoms with E-state index in [0.717, 1.165) is 10.2 Å². The van der Waals surface area contributed by atoms with Crippen molar-refractivity contribution in [3.63, 3.8) is 0 Å². The van der Waals surface area contributed by atoms with E-state index in [1.54, 1.807) is 17.5 Å². The first kappa shape index (κ1) is 11.9. The van der Waals surface area contributed by atoms with Gasteiger partial charge in [-0.15, -0.1) is 11.3 Å². The van der Waals surface area contributed by atoms with E-state index in [1.165, 1.54) is 4.88 Å². The quantitative estimate of drug-likeness (QED) is 0.828. The van der Waals surface area contributed by atoms with Crippen molar-refractivity contribution in [1.82, 2.24) is 4.98 Å². The fraction of sp³-hybridized carbons (Fsp3) is 0.182. The van der Waals surface area contributed by atoms with Gasteiger partial charge >= 0.3 is 0 Å².